The molecule has 4 heteroatoms. The van der Waals surface area contributed by atoms with Gasteiger partial charge >= 0.3 is 0 Å². The Morgan fingerprint density at radius 3 is 2.53 bits per heavy atom. The minimum Gasteiger partial charge on any atom is -0.411 e. The van der Waals surface area contributed by atoms with Gasteiger partial charge in [0.1, 0.15) is 0 Å². The fourth-order valence-corrected chi connectivity index (χ4v) is 1.32. The monoisotopic (exact) mass is 209 g/mol. The van der Waals surface area contributed by atoms with E-state index in [0.29, 0.717) is 0 Å². The number of nitrogens with zero attached hydrogens (tertiary/aromatic N) is 2. The topological polar surface area (TPSA) is 71.0 Å². The molecule has 0 aliphatic rings. The first kappa shape index (κ1) is 13.6. The van der Waals surface area contributed by atoms with Crippen LogP contribution < -0.4 is 5.73 Å². The quantitative estimate of drug-likeness (QED) is 0.314. The average Bonchev–Trinajstić information content (AvgIpc) is 2.19. The van der Waals surface area contributed by atoms with E-state index in [1.54, 1.807) is 0 Å². The first-order valence-corrected chi connectivity index (χ1v) is 4.81. The Morgan fingerprint density at radius 2 is 2.13 bits per heavy atom. The second-order valence-electron chi connectivity index (χ2n) is 3.33. The van der Waals surface area contributed by atoms with Crippen LogP contribution >= 0.6 is 0 Å². The van der Waals surface area contributed by atoms with Crippen LogP contribution in [0.1, 0.15) is 20.8 Å². The smallest absolute Gasteiger partial charge is 0.0523 e. The summed E-state index contributed by atoms with van der Waals surface area (Å²) in [5.74, 6) is -0.0937. The Kier molecular flexibility index (Phi) is 6.29. The molecular formula is C11H19N3O. The highest BCUT2D eigenvalue weighted by molar-refractivity contribution is 5.64. The number of oxime groups is 1. The Bertz CT molecular complexity index is 292. The van der Waals surface area contributed by atoms with E-state index >= 15 is 0 Å². The molecule has 0 fully saturated rings. The number of aliphatic imine (C=N–C) groups is 1. The van der Waals surface area contributed by atoms with Crippen molar-refractivity contribution in [1.29, 1.82) is 0 Å². The second kappa shape index (κ2) is 6.95. The van der Waals surface area contributed by atoms with E-state index < -0.39 is 0 Å². The molecule has 0 spiro atoms. The molecule has 0 saturated heterocycles. The van der Waals surface area contributed by atoms with Crippen LogP contribution in [0.4, 0.5) is 0 Å². The molecule has 0 heterocycles. The van der Waals surface area contributed by atoms with Gasteiger partial charge in [-0.25, -0.2) is 0 Å². The first-order chi connectivity index (χ1) is 7.08. The van der Waals surface area contributed by atoms with Crippen molar-refractivity contribution in [2.75, 3.05) is 0 Å². The third-order valence-electron chi connectivity index (χ3n) is 2.20. The molecular weight excluding hydrogens is 190 g/mol. The van der Waals surface area contributed by atoms with Gasteiger partial charge in [0.15, 0.2) is 0 Å². The standard InChI is InChI=1S/C11H19N3O/c1-5-6-10(12)9(3)11(13-4)8(2)7-14-15/h5-8,10,15H,4,12H2,1-3H3/b6-5-,11-9-,14-7-. The van der Waals surface area contributed by atoms with E-state index in [9.17, 15) is 0 Å². The lowest BCUT2D eigenvalue weighted by Gasteiger charge is -2.14. The summed E-state index contributed by atoms with van der Waals surface area (Å²) in [4.78, 5) is 3.92. The molecule has 4 nitrogen and oxygen atoms in total. The van der Waals surface area contributed by atoms with Crippen molar-refractivity contribution in [2.24, 2.45) is 21.8 Å². The zero-order valence-electron chi connectivity index (χ0n) is 9.51. The molecule has 84 valence electrons. The molecule has 0 aromatic carbocycles. The van der Waals surface area contributed by atoms with Gasteiger partial charge in [0, 0.05) is 17.7 Å². The predicted octanol–water partition coefficient (Wildman–Crippen LogP) is 1.96. The lowest BCUT2D eigenvalue weighted by molar-refractivity contribution is 0.319. The third kappa shape index (κ3) is 4.08. The van der Waals surface area contributed by atoms with Gasteiger partial charge in [0.05, 0.1) is 6.21 Å². The fraction of sp³-hybridized carbons (Fsp3) is 0.455. The zero-order valence-corrected chi connectivity index (χ0v) is 9.51. The lowest BCUT2D eigenvalue weighted by Crippen LogP contribution is -2.21. The summed E-state index contributed by atoms with van der Waals surface area (Å²) < 4.78 is 0. The van der Waals surface area contributed by atoms with Crippen LogP contribution in [-0.2, 0) is 0 Å². The molecule has 0 radical (unpaired) electrons. The molecule has 0 saturated carbocycles. The van der Waals surface area contributed by atoms with Gasteiger partial charge in [0.2, 0.25) is 0 Å². The van der Waals surface area contributed by atoms with E-state index in [1.807, 2.05) is 32.9 Å². The molecule has 0 aliphatic heterocycles. The minimum atomic E-state index is -0.176. The van der Waals surface area contributed by atoms with E-state index in [4.69, 9.17) is 10.9 Å². The van der Waals surface area contributed by atoms with Crippen LogP contribution in [-0.4, -0.2) is 24.2 Å². The normalized spacial score (nSPS) is 17.9. The van der Waals surface area contributed by atoms with Crippen molar-refractivity contribution in [3.8, 4) is 0 Å². The van der Waals surface area contributed by atoms with E-state index in [2.05, 4.69) is 16.9 Å². The second-order valence-corrected chi connectivity index (χ2v) is 3.33. The summed E-state index contributed by atoms with van der Waals surface area (Å²) in [5.41, 5.74) is 7.57. The number of rotatable bonds is 5. The first-order valence-electron chi connectivity index (χ1n) is 4.81. The van der Waals surface area contributed by atoms with Crippen molar-refractivity contribution in [3.63, 3.8) is 0 Å². The van der Waals surface area contributed by atoms with Crippen LogP contribution in [0.5, 0.6) is 0 Å². The van der Waals surface area contributed by atoms with Crippen LogP contribution in [0.15, 0.2) is 33.6 Å². The predicted molar refractivity (Wildman–Crippen MR) is 64.5 cm³/mol. The highest BCUT2D eigenvalue weighted by atomic mass is 16.4. The van der Waals surface area contributed by atoms with Gasteiger partial charge < -0.3 is 10.9 Å². The Morgan fingerprint density at radius 1 is 1.53 bits per heavy atom. The van der Waals surface area contributed by atoms with Crippen molar-refractivity contribution in [1.82, 2.24) is 0 Å². The Balaban J connectivity index is 5.04. The maximum atomic E-state index is 8.44. The molecule has 0 aromatic rings. The van der Waals surface area contributed by atoms with Crippen LogP contribution in [0.25, 0.3) is 0 Å². The molecule has 0 amide bonds. The third-order valence-corrected chi connectivity index (χ3v) is 2.20. The minimum absolute atomic E-state index is 0.0937. The Labute approximate surface area is 90.9 Å². The fourth-order valence-electron chi connectivity index (χ4n) is 1.32. The number of nitrogens with two attached hydrogens (primary N) is 1. The molecule has 2 atom stereocenters. The largest absolute Gasteiger partial charge is 0.411 e. The summed E-state index contributed by atoms with van der Waals surface area (Å²) in [6, 6.07) is -0.176. The molecule has 3 N–H and O–H groups in total. The number of hydrogen-bond acceptors (Lipinski definition) is 4. The number of hydrogen-bond donors (Lipinski definition) is 2. The summed E-state index contributed by atoms with van der Waals surface area (Å²) in [6.45, 7) is 9.18. The molecule has 2 unspecified atom stereocenters. The van der Waals surface area contributed by atoms with Crippen molar-refractivity contribution in [2.45, 2.75) is 26.8 Å². The molecule has 0 bridgehead atoms. The van der Waals surface area contributed by atoms with Crippen molar-refractivity contribution < 1.29 is 5.21 Å². The Hall–Kier alpha value is -1.42. The van der Waals surface area contributed by atoms with Crippen molar-refractivity contribution >= 4 is 12.9 Å². The van der Waals surface area contributed by atoms with Gasteiger partial charge in [0.25, 0.3) is 0 Å². The zero-order chi connectivity index (χ0) is 11.8. The summed E-state index contributed by atoms with van der Waals surface area (Å²) in [7, 11) is 0. The van der Waals surface area contributed by atoms with Crippen molar-refractivity contribution in [3.05, 3.63) is 23.4 Å². The van der Waals surface area contributed by atoms with E-state index in [1.165, 1.54) is 6.21 Å². The van der Waals surface area contributed by atoms with E-state index in [-0.39, 0.29) is 12.0 Å². The van der Waals surface area contributed by atoms with Crippen LogP contribution in [0.2, 0.25) is 0 Å². The van der Waals surface area contributed by atoms with Crippen LogP contribution in [0.3, 0.4) is 0 Å². The van der Waals surface area contributed by atoms with Crippen LogP contribution in [0, 0.1) is 5.92 Å². The van der Waals surface area contributed by atoms with Gasteiger partial charge in [-0.2, -0.15) is 0 Å². The SMILES string of the molecule is C=N/C(=C(/C)C(N)/C=C\C)C(C)/C=N\O. The van der Waals surface area contributed by atoms with Gasteiger partial charge in [-0.05, 0) is 26.1 Å². The summed E-state index contributed by atoms with van der Waals surface area (Å²) in [6.07, 6.45) is 5.17. The summed E-state index contributed by atoms with van der Waals surface area (Å²) >= 11 is 0. The van der Waals surface area contributed by atoms with Gasteiger partial charge in [-0.15, -0.1) is 5.16 Å². The molecule has 0 rings (SSSR count). The highest BCUT2D eigenvalue weighted by Crippen LogP contribution is 2.17. The number of allylic oxidation sites excluding steroid dienone is 2. The average molecular weight is 209 g/mol. The highest BCUT2D eigenvalue weighted by Gasteiger charge is 2.12. The maximum absolute atomic E-state index is 8.44. The van der Waals surface area contributed by atoms with E-state index in [0.717, 1.165) is 11.3 Å². The maximum Gasteiger partial charge on any atom is 0.0523 e. The van der Waals surface area contributed by atoms with Gasteiger partial charge in [-0.1, -0.05) is 19.1 Å². The lowest BCUT2D eigenvalue weighted by atomic mass is 9.99. The molecule has 15 heavy (non-hydrogen) atoms. The molecule has 0 aliphatic carbocycles. The molecule has 0 aromatic heterocycles. The van der Waals surface area contributed by atoms with Gasteiger partial charge in [-0.3, -0.25) is 4.99 Å². The summed E-state index contributed by atoms with van der Waals surface area (Å²) in [5, 5.41) is 11.4.